The predicted octanol–water partition coefficient (Wildman–Crippen LogP) is -2.59. The van der Waals surface area contributed by atoms with Crippen LogP contribution in [-0.4, -0.2) is 11.0 Å². The molecule has 0 spiro atoms. The molecule has 0 N–H and O–H groups in total. The van der Waals surface area contributed by atoms with Gasteiger partial charge >= 0.3 is 29.6 Å². The van der Waals surface area contributed by atoms with Crippen molar-refractivity contribution in [3.63, 3.8) is 0 Å². The number of hydrogen-bond acceptors (Lipinski definition) is 3. The number of carbonyl (C=O) groups is 1. The van der Waals surface area contributed by atoms with Crippen LogP contribution in [-0.2, 0) is 0 Å². The van der Waals surface area contributed by atoms with Gasteiger partial charge in [-0.2, -0.15) is 0 Å². The molecule has 0 radical (unpaired) electrons. The molecule has 0 aliphatic carbocycles. The molecule has 0 fully saturated rings. The average Bonchev–Trinajstić information content (AvgIpc) is 1.85. The molecule has 5 heteroatoms. The molecule has 3 nitrogen and oxygen atoms in total. The summed E-state index contributed by atoms with van der Waals surface area (Å²) in [5, 5.41) is 10.4. The predicted molar refractivity (Wildman–Crippen MR) is 38.3 cm³/mol. The van der Waals surface area contributed by atoms with E-state index >= 15 is 0 Å². The first-order chi connectivity index (χ1) is 5.09. The Labute approximate surface area is 97.1 Å². The van der Waals surface area contributed by atoms with Crippen LogP contribution in [0.1, 0.15) is 16.1 Å². The van der Waals surface area contributed by atoms with Gasteiger partial charge in [0.15, 0.2) is 0 Å². The number of aromatic carboxylic acids is 1. The van der Waals surface area contributed by atoms with Crippen LogP contribution < -0.4 is 34.7 Å². The van der Waals surface area contributed by atoms with Crippen molar-refractivity contribution in [3.8, 4) is 0 Å². The summed E-state index contributed by atoms with van der Waals surface area (Å²) in [5.74, 6) is -1.31. The number of aromatic nitrogens is 1. The summed E-state index contributed by atoms with van der Waals surface area (Å²) in [7, 11) is 0. The number of carboxylic acid groups (broad SMARTS) is 1. The van der Waals surface area contributed by atoms with E-state index in [2.05, 4.69) is 4.98 Å². The summed E-state index contributed by atoms with van der Waals surface area (Å²) in [6.07, 6.45) is 0. The Hall–Kier alpha value is -0.0900. The van der Waals surface area contributed by atoms with Gasteiger partial charge in [0.1, 0.15) is 5.15 Å². The van der Waals surface area contributed by atoms with E-state index in [0.717, 1.165) is 5.56 Å². The molecule has 0 unspecified atom stereocenters. The fourth-order valence-electron chi connectivity index (χ4n) is 0.729. The standard InChI is InChI=1S/C7H6ClNO2.Na/c1-4-2-5(7(10)11)9-6(8)3-4;/h2-3H,1H3,(H,10,11);/q;+1/p-1. The van der Waals surface area contributed by atoms with Gasteiger partial charge in [0.05, 0.1) is 11.7 Å². The minimum absolute atomic E-state index is 0. The maximum absolute atomic E-state index is 10.3. The van der Waals surface area contributed by atoms with Crippen LogP contribution in [0.5, 0.6) is 0 Å². The van der Waals surface area contributed by atoms with Crippen LogP contribution in [0.15, 0.2) is 12.1 Å². The molecular formula is C7H5ClNNaO2. The third-order valence-corrected chi connectivity index (χ3v) is 1.34. The molecule has 0 saturated heterocycles. The Balaban J connectivity index is 0.00000121. The van der Waals surface area contributed by atoms with Gasteiger partial charge in [-0.05, 0) is 24.6 Å². The van der Waals surface area contributed by atoms with E-state index in [1.807, 2.05) is 0 Å². The van der Waals surface area contributed by atoms with E-state index in [1.165, 1.54) is 6.07 Å². The number of nitrogens with zero attached hydrogens (tertiary/aromatic N) is 1. The van der Waals surface area contributed by atoms with Crippen LogP contribution in [0.4, 0.5) is 0 Å². The van der Waals surface area contributed by atoms with Gasteiger partial charge < -0.3 is 9.90 Å². The number of carbonyl (C=O) groups excluding carboxylic acids is 1. The van der Waals surface area contributed by atoms with E-state index in [1.54, 1.807) is 13.0 Å². The van der Waals surface area contributed by atoms with Gasteiger partial charge in [0, 0.05) is 0 Å². The quantitative estimate of drug-likeness (QED) is 0.363. The number of rotatable bonds is 1. The fourth-order valence-corrected chi connectivity index (χ4v) is 0.993. The van der Waals surface area contributed by atoms with Crippen LogP contribution in [0, 0.1) is 6.92 Å². The molecule has 0 saturated carbocycles. The van der Waals surface area contributed by atoms with Gasteiger partial charge in [-0.3, -0.25) is 0 Å². The summed E-state index contributed by atoms with van der Waals surface area (Å²) in [5.41, 5.74) is 0.624. The summed E-state index contributed by atoms with van der Waals surface area (Å²) in [6.45, 7) is 1.74. The molecule has 0 aliphatic heterocycles. The first-order valence-corrected chi connectivity index (χ1v) is 3.33. The second-order valence-corrected chi connectivity index (χ2v) is 2.53. The zero-order valence-electron chi connectivity index (χ0n) is 6.80. The molecule has 0 bridgehead atoms. The van der Waals surface area contributed by atoms with Crippen molar-refractivity contribution in [1.82, 2.24) is 4.98 Å². The SMILES string of the molecule is Cc1cc(Cl)nc(C(=O)[O-])c1.[Na+]. The van der Waals surface area contributed by atoms with Crippen molar-refractivity contribution in [3.05, 3.63) is 28.5 Å². The molecule has 58 valence electrons. The first-order valence-electron chi connectivity index (χ1n) is 2.95. The van der Waals surface area contributed by atoms with E-state index in [4.69, 9.17) is 11.6 Å². The molecule has 1 aromatic rings. The van der Waals surface area contributed by atoms with Gasteiger partial charge in [-0.1, -0.05) is 11.6 Å². The van der Waals surface area contributed by atoms with Crippen molar-refractivity contribution in [2.75, 3.05) is 0 Å². The molecule has 0 amide bonds. The second kappa shape index (κ2) is 4.82. The van der Waals surface area contributed by atoms with E-state index in [9.17, 15) is 9.90 Å². The third-order valence-electron chi connectivity index (χ3n) is 1.15. The van der Waals surface area contributed by atoms with Crippen molar-refractivity contribution in [2.24, 2.45) is 0 Å². The van der Waals surface area contributed by atoms with Crippen LogP contribution in [0.3, 0.4) is 0 Å². The van der Waals surface area contributed by atoms with Crippen LogP contribution in [0.2, 0.25) is 5.15 Å². The maximum atomic E-state index is 10.3. The number of pyridine rings is 1. The fraction of sp³-hybridized carbons (Fsp3) is 0.143. The monoisotopic (exact) mass is 193 g/mol. The van der Waals surface area contributed by atoms with E-state index < -0.39 is 5.97 Å². The van der Waals surface area contributed by atoms with E-state index in [-0.39, 0.29) is 40.4 Å². The Morgan fingerprint density at radius 3 is 2.58 bits per heavy atom. The summed E-state index contributed by atoms with van der Waals surface area (Å²) >= 11 is 5.49. The zero-order valence-corrected chi connectivity index (χ0v) is 9.55. The summed E-state index contributed by atoms with van der Waals surface area (Å²) in [4.78, 5) is 13.8. The van der Waals surface area contributed by atoms with E-state index in [0.29, 0.717) is 0 Å². The van der Waals surface area contributed by atoms with Crippen molar-refractivity contribution < 1.29 is 39.5 Å². The maximum Gasteiger partial charge on any atom is 1.00 e. The Morgan fingerprint density at radius 1 is 1.58 bits per heavy atom. The normalized spacial score (nSPS) is 8.83. The number of halogens is 1. The average molecular weight is 194 g/mol. The summed E-state index contributed by atoms with van der Waals surface area (Å²) < 4.78 is 0. The van der Waals surface area contributed by atoms with Crippen LogP contribution >= 0.6 is 11.6 Å². The third kappa shape index (κ3) is 3.11. The molecular weight excluding hydrogens is 189 g/mol. The van der Waals surface area contributed by atoms with Gasteiger partial charge in [-0.15, -0.1) is 0 Å². The van der Waals surface area contributed by atoms with Crippen LogP contribution in [0.25, 0.3) is 0 Å². The molecule has 1 rings (SSSR count). The van der Waals surface area contributed by atoms with Crippen molar-refractivity contribution >= 4 is 17.6 Å². The minimum Gasteiger partial charge on any atom is -0.543 e. The number of carboxylic acids is 1. The van der Waals surface area contributed by atoms with Gasteiger partial charge in [0.2, 0.25) is 0 Å². The molecule has 12 heavy (non-hydrogen) atoms. The Bertz CT molecular complexity index is 283. The first kappa shape index (κ1) is 11.9. The van der Waals surface area contributed by atoms with Gasteiger partial charge in [0.25, 0.3) is 0 Å². The largest absolute Gasteiger partial charge is 1.00 e. The number of hydrogen-bond donors (Lipinski definition) is 0. The molecule has 0 atom stereocenters. The number of aryl methyl sites for hydroxylation is 1. The topological polar surface area (TPSA) is 53.0 Å². The minimum atomic E-state index is -1.31. The van der Waals surface area contributed by atoms with Gasteiger partial charge in [-0.25, -0.2) is 4.98 Å². The molecule has 1 heterocycles. The Morgan fingerprint density at radius 2 is 2.17 bits per heavy atom. The molecule has 1 aromatic heterocycles. The molecule has 0 aliphatic rings. The molecule has 0 aromatic carbocycles. The van der Waals surface area contributed by atoms with Crippen molar-refractivity contribution in [2.45, 2.75) is 6.92 Å². The Kier molecular flexibility index (Phi) is 4.78. The second-order valence-electron chi connectivity index (χ2n) is 2.14. The zero-order chi connectivity index (χ0) is 8.43. The van der Waals surface area contributed by atoms with Crippen molar-refractivity contribution in [1.29, 1.82) is 0 Å². The smallest absolute Gasteiger partial charge is 0.543 e. The summed E-state index contributed by atoms with van der Waals surface area (Å²) in [6, 6.07) is 2.98.